The molecule has 0 aliphatic rings. The van der Waals surface area contributed by atoms with Crippen molar-refractivity contribution in [1.29, 1.82) is 0 Å². The van der Waals surface area contributed by atoms with Crippen LogP contribution in [0.5, 0.6) is 0 Å². The normalized spacial score (nSPS) is 10.0. The van der Waals surface area contributed by atoms with Crippen LogP contribution < -0.4 is 0 Å². The monoisotopic (exact) mass is 157 g/mol. The lowest BCUT2D eigenvalue weighted by atomic mass is 10.3. The Morgan fingerprint density at radius 2 is 2.27 bits per heavy atom. The summed E-state index contributed by atoms with van der Waals surface area (Å²) in [5.41, 5.74) is -0.116. The molecule has 0 amide bonds. The van der Waals surface area contributed by atoms with Crippen molar-refractivity contribution in [3.8, 4) is 0 Å². The van der Waals surface area contributed by atoms with Gasteiger partial charge >= 0.3 is 5.97 Å². The van der Waals surface area contributed by atoms with Gasteiger partial charge in [-0.1, -0.05) is 0 Å². The van der Waals surface area contributed by atoms with Gasteiger partial charge in [0.15, 0.2) is 5.69 Å². The van der Waals surface area contributed by atoms with E-state index in [1.54, 1.807) is 0 Å². The molecule has 1 aromatic rings. The molecule has 0 aromatic carbocycles. The fraction of sp³-hybridized carbons (Fsp3) is 0.400. The number of carboxylic acid groups (broad SMARTS) is 1. The highest BCUT2D eigenvalue weighted by atomic mass is 16.4. The third-order valence-corrected chi connectivity index (χ3v) is 1.14. The topological polar surface area (TPSA) is 88.2 Å². The van der Waals surface area contributed by atoms with Crippen molar-refractivity contribution < 1.29 is 15.0 Å². The maximum Gasteiger partial charge on any atom is 0.358 e. The molecule has 0 aliphatic carbocycles. The summed E-state index contributed by atoms with van der Waals surface area (Å²) in [7, 11) is 1.49. The largest absolute Gasteiger partial charge is 0.476 e. The van der Waals surface area contributed by atoms with Gasteiger partial charge in [-0.15, -0.1) is 5.10 Å². The van der Waals surface area contributed by atoms with Gasteiger partial charge in [-0.05, 0) is 0 Å². The van der Waals surface area contributed by atoms with Crippen molar-refractivity contribution in [3.63, 3.8) is 0 Å². The molecule has 0 spiro atoms. The second kappa shape index (κ2) is 2.67. The van der Waals surface area contributed by atoms with E-state index in [0.29, 0.717) is 0 Å². The highest BCUT2D eigenvalue weighted by Crippen LogP contribution is 2.00. The van der Waals surface area contributed by atoms with Crippen molar-refractivity contribution in [2.45, 2.75) is 6.61 Å². The summed E-state index contributed by atoms with van der Waals surface area (Å²) in [4.78, 5) is 11.5. The van der Waals surface area contributed by atoms with Gasteiger partial charge in [-0.25, -0.2) is 4.79 Å². The van der Waals surface area contributed by atoms with E-state index in [1.807, 2.05) is 0 Å². The molecule has 2 N–H and O–H groups in total. The molecular weight excluding hydrogens is 150 g/mol. The van der Waals surface area contributed by atoms with E-state index < -0.39 is 12.6 Å². The average Bonchev–Trinajstić information content (AvgIpc) is 2.30. The van der Waals surface area contributed by atoms with Crippen LogP contribution in [-0.2, 0) is 13.7 Å². The Morgan fingerprint density at radius 3 is 2.64 bits per heavy atom. The Bertz CT molecular complexity index is 281. The third-order valence-electron chi connectivity index (χ3n) is 1.14. The molecule has 6 heteroatoms. The van der Waals surface area contributed by atoms with Gasteiger partial charge in [0.25, 0.3) is 0 Å². The average molecular weight is 157 g/mol. The molecule has 1 rings (SSSR count). The Labute approximate surface area is 62.1 Å². The maximum atomic E-state index is 10.4. The molecule has 0 unspecified atom stereocenters. The van der Waals surface area contributed by atoms with Crippen LogP contribution >= 0.6 is 0 Å². The lowest BCUT2D eigenvalue weighted by molar-refractivity contribution is 0.0686. The summed E-state index contributed by atoms with van der Waals surface area (Å²) >= 11 is 0. The van der Waals surface area contributed by atoms with Crippen LogP contribution in [0.1, 0.15) is 16.2 Å². The highest BCUT2D eigenvalue weighted by Gasteiger charge is 2.14. The predicted octanol–water partition coefficient (Wildman–Crippen LogP) is -0.994. The molecule has 60 valence electrons. The minimum atomic E-state index is -1.18. The Balaban J connectivity index is 3.12. The number of nitrogens with zero attached hydrogens (tertiary/aromatic N) is 3. The maximum absolute atomic E-state index is 10.4. The van der Waals surface area contributed by atoms with Crippen LogP contribution in [0.2, 0.25) is 0 Å². The summed E-state index contributed by atoms with van der Waals surface area (Å²) in [5, 5.41) is 24.2. The molecule has 6 nitrogen and oxygen atoms in total. The van der Waals surface area contributed by atoms with E-state index in [-0.39, 0.29) is 11.4 Å². The number of rotatable bonds is 2. The quantitative estimate of drug-likeness (QED) is 0.575. The van der Waals surface area contributed by atoms with Gasteiger partial charge in [0.1, 0.15) is 5.69 Å². The first-order valence-electron chi connectivity index (χ1n) is 2.89. The standard InChI is InChI=1S/C5H7N3O3/c1-8-6-3(2-9)4(7-8)5(10)11/h9H,2H2,1H3,(H,10,11). The van der Waals surface area contributed by atoms with Gasteiger partial charge < -0.3 is 10.2 Å². The van der Waals surface area contributed by atoms with Gasteiger partial charge in [0.05, 0.1) is 6.61 Å². The Hall–Kier alpha value is -1.43. The SMILES string of the molecule is Cn1nc(CO)c(C(=O)O)n1. The summed E-state index contributed by atoms with van der Waals surface area (Å²) in [6, 6.07) is 0. The lowest BCUT2D eigenvalue weighted by Crippen LogP contribution is -2.01. The van der Waals surface area contributed by atoms with E-state index in [2.05, 4.69) is 10.2 Å². The molecule has 0 bridgehead atoms. The van der Waals surface area contributed by atoms with Gasteiger partial charge in [-0.2, -0.15) is 9.90 Å². The van der Waals surface area contributed by atoms with Crippen LogP contribution in [0.25, 0.3) is 0 Å². The van der Waals surface area contributed by atoms with Crippen molar-refractivity contribution in [1.82, 2.24) is 15.0 Å². The molecule has 1 aromatic heterocycles. The molecule has 11 heavy (non-hydrogen) atoms. The zero-order chi connectivity index (χ0) is 8.43. The molecule has 1 heterocycles. The van der Waals surface area contributed by atoms with Gasteiger partial charge in [0, 0.05) is 7.05 Å². The highest BCUT2D eigenvalue weighted by molar-refractivity contribution is 5.86. The van der Waals surface area contributed by atoms with Gasteiger partial charge in [-0.3, -0.25) is 0 Å². The number of hydrogen-bond acceptors (Lipinski definition) is 4. The van der Waals surface area contributed by atoms with Crippen molar-refractivity contribution in [2.75, 3.05) is 0 Å². The molecule has 0 saturated carbocycles. The number of aliphatic hydroxyl groups excluding tert-OH is 1. The van der Waals surface area contributed by atoms with Crippen LogP contribution in [0.3, 0.4) is 0 Å². The summed E-state index contributed by atoms with van der Waals surface area (Å²) < 4.78 is 0. The number of hydrogen-bond donors (Lipinski definition) is 2. The summed E-state index contributed by atoms with van der Waals surface area (Å²) in [6.45, 7) is -0.407. The number of carboxylic acids is 1. The summed E-state index contributed by atoms with van der Waals surface area (Å²) in [6.07, 6.45) is 0. The number of aliphatic hydroxyl groups is 1. The molecule has 0 fully saturated rings. The minimum absolute atomic E-state index is 0.0833. The smallest absolute Gasteiger partial charge is 0.358 e. The van der Waals surface area contributed by atoms with E-state index in [4.69, 9.17) is 10.2 Å². The first-order chi connectivity index (χ1) is 5.15. The van der Waals surface area contributed by atoms with E-state index in [0.717, 1.165) is 4.80 Å². The predicted molar refractivity (Wildman–Crippen MR) is 33.9 cm³/mol. The fourth-order valence-electron chi connectivity index (χ4n) is 0.720. The van der Waals surface area contributed by atoms with E-state index >= 15 is 0 Å². The molecular formula is C5H7N3O3. The van der Waals surface area contributed by atoms with Crippen LogP contribution in [0.4, 0.5) is 0 Å². The van der Waals surface area contributed by atoms with Crippen molar-refractivity contribution in [2.24, 2.45) is 7.05 Å². The lowest BCUT2D eigenvalue weighted by Gasteiger charge is -1.86. The molecule has 0 saturated heterocycles. The number of carbonyl (C=O) groups is 1. The zero-order valence-corrected chi connectivity index (χ0v) is 5.85. The number of aromatic nitrogens is 3. The first-order valence-corrected chi connectivity index (χ1v) is 2.89. The molecule has 0 atom stereocenters. The zero-order valence-electron chi connectivity index (χ0n) is 5.85. The van der Waals surface area contributed by atoms with Crippen molar-refractivity contribution >= 4 is 5.97 Å². The minimum Gasteiger partial charge on any atom is -0.476 e. The van der Waals surface area contributed by atoms with Crippen LogP contribution in [0, 0.1) is 0 Å². The van der Waals surface area contributed by atoms with E-state index in [1.165, 1.54) is 7.05 Å². The van der Waals surface area contributed by atoms with Crippen LogP contribution in [-0.4, -0.2) is 31.2 Å². The first kappa shape index (κ1) is 7.67. The molecule has 0 radical (unpaired) electrons. The second-order valence-electron chi connectivity index (χ2n) is 1.95. The van der Waals surface area contributed by atoms with Crippen molar-refractivity contribution in [3.05, 3.63) is 11.4 Å². The Kier molecular flexibility index (Phi) is 1.86. The second-order valence-corrected chi connectivity index (χ2v) is 1.95. The van der Waals surface area contributed by atoms with Crippen LogP contribution in [0.15, 0.2) is 0 Å². The van der Waals surface area contributed by atoms with Gasteiger partial charge in [0.2, 0.25) is 0 Å². The number of aromatic carboxylic acids is 1. The van der Waals surface area contributed by atoms with E-state index in [9.17, 15) is 4.79 Å². The third kappa shape index (κ3) is 1.35. The summed E-state index contributed by atoms with van der Waals surface area (Å²) in [5.74, 6) is -1.18. The molecule has 0 aliphatic heterocycles. The Morgan fingerprint density at radius 1 is 1.64 bits per heavy atom. The fourth-order valence-corrected chi connectivity index (χ4v) is 0.720. The number of aryl methyl sites for hydroxylation is 1.